The number of hydrogen-bond donors (Lipinski definition) is 1. The van der Waals surface area contributed by atoms with Gasteiger partial charge in [-0.3, -0.25) is 9.69 Å². The number of rotatable bonds is 7. The molecular weight excluding hydrogens is 274 g/mol. The second-order valence-electron chi connectivity index (χ2n) is 4.84. The molecule has 1 unspecified atom stereocenters. The molecule has 1 rings (SSSR count). The maximum Gasteiger partial charge on any atom is 0.317 e. The van der Waals surface area contributed by atoms with Crippen LogP contribution in [-0.2, 0) is 14.6 Å². The van der Waals surface area contributed by atoms with Crippen molar-refractivity contribution >= 4 is 27.6 Å². The first-order valence-electron chi connectivity index (χ1n) is 6.08. The Labute approximate surface area is 113 Å². The van der Waals surface area contributed by atoms with E-state index < -0.39 is 15.8 Å². The summed E-state index contributed by atoms with van der Waals surface area (Å²) >= 11 is 1.76. The van der Waals surface area contributed by atoms with Crippen LogP contribution < -0.4 is 0 Å². The van der Waals surface area contributed by atoms with E-state index in [1.165, 1.54) is 0 Å². The summed E-state index contributed by atoms with van der Waals surface area (Å²) < 4.78 is 22.9. The molecule has 5 nitrogen and oxygen atoms in total. The van der Waals surface area contributed by atoms with Crippen molar-refractivity contribution in [3.8, 4) is 0 Å². The summed E-state index contributed by atoms with van der Waals surface area (Å²) in [6, 6.07) is -0.126. The lowest BCUT2D eigenvalue weighted by Crippen LogP contribution is -2.41. The lowest BCUT2D eigenvalue weighted by Gasteiger charge is -2.26. The average Bonchev–Trinajstić information content (AvgIpc) is 2.56. The van der Waals surface area contributed by atoms with E-state index in [1.54, 1.807) is 16.7 Å². The molecule has 0 amide bonds. The monoisotopic (exact) mass is 295 g/mol. The van der Waals surface area contributed by atoms with Crippen LogP contribution in [-0.4, -0.2) is 66.0 Å². The molecule has 1 fully saturated rings. The third-order valence-electron chi connectivity index (χ3n) is 2.89. The van der Waals surface area contributed by atoms with Gasteiger partial charge in [0.05, 0.1) is 18.1 Å². The molecule has 7 heteroatoms. The van der Waals surface area contributed by atoms with E-state index >= 15 is 0 Å². The normalized spacial score (nSPS) is 22.8. The largest absolute Gasteiger partial charge is 0.480 e. The first-order chi connectivity index (χ1) is 8.30. The average molecular weight is 295 g/mol. The third-order valence-corrected chi connectivity index (χ3v) is 5.73. The smallest absolute Gasteiger partial charge is 0.317 e. The van der Waals surface area contributed by atoms with Gasteiger partial charge >= 0.3 is 5.97 Å². The van der Waals surface area contributed by atoms with Crippen LogP contribution in [0.3, 0.4) is 0 Å². The molecule has 1 aliphatic rings. The maximum absolute atomic E-state index is 11.4. The van der Waals surface area contributed by atoms with Crippen LogP contribution in [0.5, 0.6) is 0 Å². The standard InChI is InChI=1S/C11H21NO4S2/c1-9(2)17-5-4-12(7-11(13)14)10-3-6-18(15,16)8-10/h9-10H,3-8H2,1-2H3,(H,13,14). The molecule has 0 saturated carbocycles. The number of thioether (sulfide) groups is 1. The van der Waals surface area contributed by atoms with Gasteiger partial charge in [0.2, 0.25) is 0 Å². The van der Waals surface area contributed by atoms with Crippen molar-refractivity contribution in [1.29, 1.82) is 0 Å². The number of hydrogen-bond acceptors (Lipinski definition) is 5. The van der Waals surface area contributed by atoms with Gasteiger partial charge in [-0.15, -0.1) is 0 Å². The minimum atomic E-state index is -2.96. The molecule has 18 heavy (non-hydrogen) atoms. The van der Waals surface area contributed by atoms with E-state index in [0.717, 1.165) is 5.75 Å². The zero-order chi connectivity index (χ0) is 13.8. The summed E-state index contributed by atoms with van der Waals surface area (Å²) in [5.74, 6) is 0.230. The predicted molar refractivity (Wildman–Crippen MR) is 73.9 cm³/mol. The Bertz CT molecular complexity index is 381. The molecule has 1 N–H and O–H groups in total. The van der Waals surface area contributed by atoms with Crippen molar-refractivity contribution in [2.75, 3.05) is 30.3 Å². The van der Waals surface area contributed by atoms with Gasteiger partial charge in [-0.2, -0.15) is 11.8 Å². The first-order valence-corrected chi connectivity index (χ1v) is 8.95. The molecule has 1 heterocycles. The Kier molecular flexibility index (Phi) is 5.94. The van der Waals surface area contributed by atoms with E-state index in [1.807, 2.05) is 0 Å². The van der Waals surface area contributed by atoms with Gasteiger partial charge in [0.25, 0.3) is 0 Å². The molecule has 0 aromatic rings. The summed E-state index contributed by atoms with van der Waals surface area (Å²) in [4.78, 5) is 12.6. The third kappa shape index (κ3) is 5.58. The number of carboxylic acids is 1. The Morgan fingerprint density at radius 2 is 2.17 bits per heavy atom. The van der Waals surface area contributed by atoms with Crippen LogP contribution in [0, 0.1) is 0 Å². The van der Waals surface area contributed by atoms with Crippen LogP contribution in [0.1, 0.15) is 20.3 Å². The molecule has 106 valence electrons. The minimum Gasteiger partial charge on any atom is -0.480 e. The fourth-order valence-corrected chi connectivity index (χ4v) is 4.61. The summed E-state index contributed by atoms with van der Waals surface area (Å²) in [5, 5.41) is 9.39. The van der Waals surface area contributed by atoms with E-state index in [4.69, 9.17) is 5.11 Å². The second-order valence-corrected chi connectivity index (χ2v) is 8.75. The summed E-state index contributed by atoms with van der Waals surface area (Å²) in [6.45, 7) is 4.74. The van der Waals surface area contributed by atoms with Crippen molar-refractivity contribution in [1.82, 2.24) is 4.90 Å². The van der Waals surface area contributed by atoms with Gasteiger partial charge in [-0.1, -0.05) is 13.8 Å². The quantitative estimate of drug-likeness (QED) is 0.745. The van der Waals surface area contributed by atoms with Crippen molar-refractivity contribution in [3.05, 3.63) is 0 Å². The van der Waals surface area contributed by atoms with Crippen LogP contribution in [0.2, 0.25) is 0 Å². The first kappa shape index (κ1) is 15.8. The van der Waals surface area contributed by atoms with E-state index in [2.05, 4.69) is 13.8 Å². The van der Waals surface area contributed by atoms with Gasteiger partial charge in [-0.25, -0.2) is 8.42 Å². The Hall–Kier alpha value is -0.270. The molecule has 1 aliphatic heterocycles. The Balaban J connectivity index is 2.53. The van der Waals surface area contributed by atoms with Gasteiger partial charge in [-0.05, 0) is 11.7 Å². The lowest BCUT2D eigenvalue weighted by atomic mass is 10.2. The lowest BCUT2D eigenvalue weighted by molar-refractivity contribution is -0.138. The molecule has 1 atom stereocenters. The summed E-state index contributed by atoms with van der Waals surface area (Å²) in [7, 11) is -2.96. The van der Waals surface area contributed by atoms with Gasteiger partial charge in [0.1, 0.15) is 0 Å². The van der Waals surface area contributed by atoms with Crippen LogP contribution in [0.15, 0.2) is 0 Å². The highest BCUT2D eigenvalue weighted by atomic mass is 32.2. The number of nitrogens with zero attached hydrogens (tertiary/aromatic N) is 1. The van der Waals surface area contributed by atoms with Crippen molar-refractivity contribution in [3.63, 3.8) is 0 Å². The number of carbonyl (C=O) groups is 1. The SMILES string of the molecule is CC(C)SCCN(CC(=O)O)C1CCS(=O)(=O)C1. The molecule has 0 aliphatic carbocycles. The van der Waals surface area contributed by atoms with Crippen molar-refractivity contribution < 1.29 is 18.3 Å². The summed E-state index contributed by atoms with van der Waals surface area (Å²) in [6.07, 6.45) is 0.557. The molecule has 0 aromatic heterocycles. The van der Waals surface area contributed by atoms with Gasteiger partial charge in [0, 0.05) is 18.3 Å². The van der Waals surface area contributed by atoms with Crippen LogP contribution in [0.25, 0.3) is 0 Å². The Morgan fingerprint density at radius 1 is 1.50 bits per heavy atom. The second kappa shape index (κ2) is 6.77. The topological polar surface area (TPSA) is 74.7 Å². The highest BCUT2D eigenvalue weighted by molar-refractivity contribution is 7.99. The number of aliphatic carboxylic acids is 1. The highest BCUT2D eigenvalue weighted by Crippen LogP contribution is 2.19. The molecular formula is C11H21NO4S2. The Morgan fingerprint density at radius 3 is 2.61 bits per heavy atom. The van der Waals surface area contributed by atoms with E-state index in [9.17, 15) is 13.2 Å². The zero-order valence-electron chi connectivity index (χ0n) is 10.8. The van der Waals surface area contributed by atoms with Crippen molar-refractivity contribution in [2.24, 2.45) is 0 Å². The molecule has 1 saturated heterocycles. The van der Waals surface area contributed by atoms with Crippen LogP contribution in [0.4, 0.5) is 0 Å². The fourth-order valence-electron chi connectivity index (χ4n) is 2.03. The molecule has 0 radical (unpaired) electrons. The van der Waals surface area contributed by atoms with Gasteiger partial charge in [0.15, 0.2) is 9.84 Å². The number of sulfone groups is 1. The van der Waals surface area contributed by atoms with Crippen molar-refractivity contribution in [2.45, 2.75) is 31.6 Å². The van der Waals surface area contributed by atoms with Crippen LogP contribution >= 0.6 is 11.8 Å². The van der Waals surface area contributed by atoms with E-state index in [0.29, 0.717) is 18.2 Å². The predicted octanol–water partition coefficient (Wildman–Crippen LogP) is 0.702. The molecule has 0 spiro atoms. The molecule has 0 aromatic carbocycles. The maximum atomic E-state index is 11.4. The number of carboxylic acid groups (broad SMARTS) is 1. The summed E-state index contributed by atoms with van der Waals surface area (Å²) in [5.41, 5.74) is 0. The zero-order valence-corrected chi connectivity index (χ0v) is 12.5. The highest BCUT2D eigenvalue weighted by Gasteiger charge is 2.32. The minimum absolute atomic E-state index is 0.0706. The van der Waals surface area contributed by atoms with Gasteiger partial charge < -0.3 is 5.11 Å². The van der Waals surface area contributed by atoms with E-state index in [-0.39, 0.29) is 24.1 Å². The fraction of sp³-hybridized carbons (Fsp3) is 0.909. The molecule has 0 bridgehead atoms.